The van der Waals surface area contributed by atoms with Crippen molar-refractivity contribution < 1.29 is 23.0 Å². The number of halogens is 2. The summed E-state index contributed by atoms with van der Waals surface area (Å²) in [6.45, 7) is 6.00. The number of carbonyl (C=O) groups is 1. The van der Waals surface area contributed by atoms with E-state index in [2.05, 4.69) is 9.88 Å². The smallest absolute Gasteiger partial charge is 0.309 e. The summed E-state index contributed by atoms with van der Waals surface area (Å²) in [7, 11) is 0. The third-order valence-corrected chi connectivity index (χ3v) is 9.39. The average molecular weight is 531 g/mol. The second-order valence-corrected chi connectivity index (χ2v) is 11.8. The van der Waals surface area contributed by atoms with Crippen LogP contribution in [0.4, 0.5) is 14.5 Å². The number of carbonyl (C=O) groups excluding carboxylic acids is 1. The zero-order valence-electron chi connectivity index (χ0n) is 22.3. The molecule has 2 saturated carbocycles. The van der Waals surface area contributed by atoms with E-state index in [1.54, 1.807) is 31.3 Å². The molecule has 202 valence electrons. The first kappa shape index (κ1) is 24.6. The van der Waals surface area contributed by atoms with E-state index in [1.165, 1.54) is 25.3 Å². The lowest BCUT2D eigenvalue weighted by Crippen LogP contribution is -2.59. The number of rotatable bonds is 7. The molecule has 1 spiro atoms. The minimum Gasteiger partial charge on any atom is -0.473 e. The Hall–Kier alpha value is -3.48. The number of pyridine rings is 1. The van der Waals surface area contributed by atoms with Gasteiger partial charge in [-0.3, -0.25) is 4.79 Å². The Kier molecular flexibility index (Phi) is 5.69. The third kappa shape index (κ3) is 4.09. The second kappa shape index (κ2) is 9.04. The van der Waals surface area contributed by atoms with Crippen molar-refractivity contribution in [3.05, 3.63) is 76.5 Å². The first-order valence-corrected chi connectivity index (χ1v) is 14.0. The molecular formula is C32H32F2N2O3. The van der Waals surface area contributed by atoms with Crippen molar-refractivity contribution >= 4 is 11.7 Å². The van der Waals surface area contributed by atoms with E-state index in [-0.39, 0.29) is 42.0 Å². The zero-order valence-corrected chi connectivity index (χ0v) is 22.3. The van der Waals surface area contributed by atoms with Gasteiger partial charge in [-0.25, -0.2) is 13.8 Å². The summed E-state index contributed by atoms with van der Waals surface area (Å²) in [5, 5.41) is 0. The quantitative estimate of drug-likeness (QED) is 0.333. The van der Waals surface area contributed by atoms with Crippen LogP contribution < -0.4 is 9.64 Å². The van der Waals surface area contributed by atoms with E-state index in [0.29, 0.717) is 40.2 Å². The number of ether oxygens (including phenoxy) is 2. The van der Waals surface area contributed by atoms with Gasteiger partial charge in [0.2, 0.25) is 5.88 Å². The van der Waals surface area contributed by atoms with Crippen molar-refractivity contribution in [2.45, 2.75) is 52.1 Å². The van der Waals surface area contributed by atoms with Gasteiger partial charge in [-0.2, -0.15) is 0 Å². The maximum Gasteiger partial charge on any atom is 0.309 e. The van der Waals surface area contributed by atoms with E-state index in [9.17, 15) is 9.18 Å². The zero-order chi connectivity index (χ0) is 26.9. The number of hydrogen-bond donors (Lipinski definition) is 0. The van der Waals surface area contributed by atoms with E-state index in [1.807, 2.05) is 19.1 Å². The van der Waals surface area contributed by atoms with Crippen LogP contribution in [0.25, 0.3) is 11.1 Å². The summed E-state index contributed by atoms with van der Waals surface area (Å²) in [6, 6.07) is 10.4. The molecule has 3 aromatic rings. The lowest BCUT2D eigenvalue weighted by Gasteiger charge is -2.57. The molecule has 4 aliphatic rings. The van der Waals surface area contributed by atoms with Crippen LogP contribution in [-0.2, 0) is 22.6 Å². The van der Waals surface area contributed by atoms with E-state index < -0.39 is 0 Å². The van der Waals surface area contributed by atoms with Crippen LogP contribution in [0, 0.1) is 35.8 Å². The molecule has 0 radical (unpaired) electrons. The summed E-state index contributed by atoms with van der Waals surface area (Å²) < 4.78 is 41.3. The molecule has 1 aliphatic heterocycles. The van der Waals surface area contributed by atoms with E-state index in [4.69, 9.17) is 9.47 Å². The highest BCUT2D eigenvalue weighted by molar-refractivity contribution is 5.79. The molecule has 39 heavy (non-hydrogen) atoms. The maximum absolute atomic E-state index is 15.3. The summed E-state index contributed by atoms with van der Waals surface area (Å²) in [5.74, 6) is -0.0144. The molecule has 3 aliphatic carbocycles. The second-order valence-electron chi connectivity index (χ2n) is 11.8. The molecule has 1 saturated heterocycles. The van der Waals surface area contributed by atoms with Crippen molar-refractivity contribution in [3.63, 3.8) is 0 Å². The number of hydrogen-bond acceptors (Lipinski definition) is 5. The van der Waals surface area contributed by atoms with Gasteiger partial charge in [-0.05, 0) is 91.6 Å². The van der Waals surface area contributed by atoms with Crippen molar-refractivity contribution in [3.8, 4) is 17.0 Å². The van der Waals surface area contributed by atoms with Gasteiger partial charge in [0.1, 0.15) is 18.2 Å². The maximum atomic E-state index is 15.3. The SMILES string of the molecule is CCOC(=O)[C@H]1[C@@H]2Cc3cc(OCc4cc(-c5ccc(N6CC7(CCC7)C6)cc5F)c(C)cc4F)ncc3[C@@H]21. The fourth-order valence-electron chi connectivity index (χ4n) is 7.04. The van der Waals surface area contributed by atoms with Crippen LogP contribution >= 0.6 is 0 Å². The molecule has 0 bridgehead atoms. The number of aromatic nitrogens is 1. The molecule has 1 aromatic heterocycles. The van der Waals surface area contributed by atoms with Crippen LogP contribution in [0.15, 0.2) is 42.6 Å². The number of fused-ring (bicyclic) bond motifs is 3. The fourth-order valence-corrected chi connectivity index (χ4v) is 7.04. The normalized spacial score (nSPS) is 23.5. The van der Waals surface area contributed by atoms with Crippen LogP contribution in [0.2, 0.25) is 0 Å². The summed E-state index contributed by atoms with van der Waals surface area (Å²) in [4.78, 5) is 18.8. The van der Waals surface area contributed by atoms with Crippen LogP contribution in [0.1, 0.15) is 54.4 Å². The highest BCUT2D eigenvalue weighted by Crippen LogP contribution is 2.62. The molecule has 5 nitrogen and oxygen atoms in total. The molecule has 7 rings (SSSR count). The molecule has 3 atom stereocenters. The molecular weight excluding hydrogens is 498 g/mol. The Morgan fingerprint density at radius 2 is 1.92 bits per heavy atom. The topological polar surface area (TPSA) is 51.7 Å². The lowest BCUT2D eigenvalue weighted by molar-refractivity contribution is -0.145. The van der Waals surface area contributed by atoms with Gasteiger partial charge < -0.3 is 14.4 Å². The summed E-state index contributed by atoms with van der Waals surface area (Å²) in [5.41, 5.74) is 5.71. The number of anilines is 1. The predicted molar refractivity (Wildman–Crippen MR) is 144 cm³/mol. The van der Waals surface area contributed by atoms with Crippen molar-refractivity contribution in [2.24, 2.45) is 17.3 Å². The van der Waals surface area contributed by atoms with E-state index >= 15 is 4.39 Å². The number of nitrogens with zero attached hydrogens (tertiary/aromatic N) is 2. The molecule has 2 aromatic carbocycles. The van der Waals surface area contributed by atoms with Crippen molar-refractivity contribution in [1.82, 2.24) is 4.98 Å². The Labute approximate surface area is 227 Å². The highest BCUT2D eigenvalue weighted by Gasteiger charge is 2.60. The molecule has 2 heterocycles. The van der Waals surface area contributed by atoms with Crippen molar-refractivity contribution in [2.75, 3.05) is 24.6 Å². The molecule has 0 unspecified atom stereocenters. The fraction of sp³-hybridized carbons (Fsp3) is 0.438. The number of aryl methyl sites for hydroxylation is 1. The van der Waals surface area contributed by atoms with Crippen molar-refractivity contribution in [1.29, 1.82) is 0 Å². The van der Waals surface area contributed by atoms with E-state index in [0.717, 1.165) is 36.3 Å². The minimum absolute atomic E-state index is 0.0151. The lowest BCUT2D eigenvalue weighted by atomic mass is 9.63. The van der Waals surface area contributed by atoms with Gasteiger partial charge >= 0.3 is 5.97 Å². The molecule has 0 N–H and O–H groups in total. The Bertz CT molecular complexity index is 1480. The van der Waals surface area contributed by atoms with Crippen LogP contribution in [0.3, 0.4) is 0 Å². The molecule has 0 amide bonds. The predicted octanol–water partition coefficient (Wildman–Crippen LogP) is 6.35. The van der Waals surface area contributed by atoms with Gasteiger partial charge in [0.15, 0.2) is 0 Å². The number of benzene rings is 2. The average Bonchev–Trinajstić information content (AvgIpc) is 3.44. The number of esters is 1. The van der Waals surface area contributed by atoms with Gasteiger partial charge in [0.25, 0.3) is 0 Å². The van der Waals surface area contributed by atoms with Gasteiger partial charge in [-0.1, -0.05) is 6.42 Å². The first-order valence-electron chi connectivity index (χ1n) is 14.0. The van der Waals surface area contributed by atoms with Gasteiger partial charge in [-0.15, -0.1) is 0 Å². The summed E-state index contributed by atoms with van der Waals surface area (Å²) >= 11 is 0. The van der Waals surface area contributed by atoms with Gasteiger partial charge in [0.05, 0.1) is 12.5 Å². The standard InChI is InChI=1S/C32H32F2N2O3/c1-3-38-31(37)30-24-10-19-12-28(35-14-25(19)29(24)30)39-15-20-11-23(18(2)9-26(20)33)22-6-5-21(13-27(22)34)36-16-32(17-36)7-4-8-32/h5-6,9,11-14,24,29-30H,3-4,7-8,10,15-17H2,1-2H3/t24-,29-,30+/m1/s1. The summed E-state index contributed by atoms with van der Waals surface area (Å²) in [6.07, 6.45) is 6.42. The van der Waals surface area contributed by atoms with Gasteiger partial charge in [0, 0.05) is 53.5 Å². The Morgan fingerprint density at radius 3 is 2.64 bits per heavy atom. The van der Waals surface area contributed by atoms with Crippen LogP contribution in [0.5, 0.6) is 5.88 Å². The monoisotopic (exact) mass is 530 g/mol. The first-order chi connectivity index (χ1) is 18.9. The highest BCUT2D eigenvalue weighted by atomic mass is 19.1. The Morgan fingerprint density at radius 1 is 1.10 bits per heavy atom. The third-order valence-electron chi connectivity index (χ3n) is 9.39. The minimum atomic E-state index is -0.390. The molecule has 7 heteroatoms. The van der Waals surface area contributed by atoms with Crippen LogP contribution in [-0.4, -0.2) is 30.6 Å². The molecule has 3 fully saturated rings. The Balaban J connectivity index is 1.05. The largest absolute Gasteiger partial charge is 0.473 e.